The summed E-state index contributed by atoms with van der Waals surface area (Å²) < 4.78 is 7.38. The second-order valence-corrected chi connectivity index (χ2v) is 7.43. The molecule has 2 aliphatic heterocycles. The van der Waals surface area contributed by atoms with E-state index in [0.717, 1.165) is 25.1 Å². The van der Waals surface area contributed by atoms with E-state index < -0.39 is 5.60 Å². The molecule has 1 aromatic rings. The molecule has 2 saturated heterocycles. The summed E-state index contributed by atoms with van der Waals surface area (Å²) in [6.45, 7) is 5.04. The Morgan fingerprint density at radius 3 is 2.80 bits per heavy atom. The van der Waals surface area contributed by atoms with E-state index in [0.29, 0.717) is 31.9 Å². The van der Waals surface area contributed by atoms with Crippen molar-refractivity contribution in [2.75, 3.05) is 47.3 Å². The zero-order valence-electron chi connectivity index (χ0n) is 15.5. The molecule has 2 fully saturated rings. The van der Waals surface area contributed by atoms with Gasteiger partial charge in [-0.15, -0.1) is 0 Å². The first-order valence-electron chi connectivity index (χ1n) is 8.72. The lowest BCUT2D eigenvalue weighted by Crippen LogP contribution is -2.52. The first kappa shape index (κ1) is 17.7. The number of likely N-dealkylation sites (tertiary alicyclic amines) is 1. The monoisotopic (exact) mass is 349 g/mol. The third-order valence-corrected chi connectivity index (χ3v) is 4.85. The van der Waals surface area contributed by atoms with Gasteiger partial charge in [-0.3, -0.25) is 9.48 Å². The molecule has 25 heavy (non-hydrogen) atoms. The zero-order chi connectivity index (χ0) is 18.2. The summed E-state index contributed by atoms with van der Waals surface area (Å²) in [7, 11) is 5.73. The summed E-state index contributed by atoms with van der Waals surface area (Å²) in [5.41, 5.74) is 0.874. The normalized spacial score (nSPS) is 23.6. The standard InChI is InChI=1S/C17H27N5O3/c1-13-10-14(22(18-13)9-8-19(2)3)15(23)21-7-5-6-17(12-21)11-20(4)16(24)25-17/h10H,5-9,11-12H2,1-4H3/t17-/m1/s1. The van der Waals surface area contributed by atoms with Gasteiger partial charge in [-0.2, -0.15) is 5.10 Å². The van der Waals surface area contributed by atoms with E-state index in [9.17, 15) is 9.59 Å². The van der Waals surface area contributed by atoms with E-state index in [1.165, 1.54) is 0 Å². The highest BCUT2D eigenvalue weighted by atomic mass is 16.6. The van der Waals surface area contributed by atoms with Crippen LogP contribution >= 0.6 is 0 Å². The minimum Gasteiger partial charge on any atom is -0.439 e. The summed E-state index contributed by atoms with van der Waals surface area (Å²) in [6, 6.07) is 1.84. The van der Waals surface area contributed by atoms with Crippen molar-refractivity contribution >= 4 is 12.0 Å². The van der Waals surface area contributed by atoms with Crippen molar-refractivity contribution in [3.63, 3.8) is 0 Å². The fourth-order valence-corrected chi connectivity index (χ4v) is 3.62. The molecule has 0 aliphatic carbocycles. The minimum absolute atomic E-state index is 0.0379. The van der Waals surface area contributed by atoms with Crippen LogP contribution < -0.4 is 0 Å². The van der Waals surface area contributed by atoms with E-state index in [-0.39, 0.29) is 12.0 Å². The average Bonchev–Trinajstić information content (AvgIpc) is 3.04. The van der Waals surface area contributed by atoms with E-state index >= 15 is 0 Å². The van der Waals surface area contributed by atoms with Crippen LogP contribution in [0.3, 0.4) is 0 Å². The Balaban J connectivity index is 1.76. The number of piperidine rings is 1. The van der Waals surface area contributed by atoms with Gasteiger partial charge in [0.15, 0.2) is 0 Å². The lowest BCUT2D eigenvalue weighted by atomic mass is 9.92. The number of ether oxygens (including phenoxy) is 1. The number of carbonyl (C=O) groups is 2. The number of likely N-dealkylation sites (N-methyl/N-ethyl adjacent to an activating group) is 2. The Morgan fingerprint density at radius 1 is 1.40 bits per heavy atom. The van der Waals surface area contributed by atoms with Gasteiger partial charge in [0, 0.05) is 20.1 Å². The van der Waals surface area contributed by atoms with E-state index in [4.69, 9.17) is 4.74 Å². The Labute approximate surface area is 148 Å². The van der Waals surface area contributed by atoms with Crippen LogP contribution in [0.25, 0.3) is 0 Å². The van der Waals surface area contributed by atoms with Gasteiger partial charge in [0.25, 0.3) is 5.91 Å². The molecule has 2 amide bonds. The molecule has 0 saturated carbocycles. The lowest BCUT2D eigenvalue weighted by molar-refractivity contribution is -0.00564. The summed E-state index contributed by atoms with van der Waals surface area (Å²) in [4.78, 5) is 30.3. The molecule has 8 heteroatoms. The summed E-state index contributed by atoms with van der Waals surface area (Å²) in [6.07, 6.45) is 1.32. The number of hydrogen-bond donors (Lipinski definition) is 0. The molecule has 0 bridgehead atoms. The molecule has 1 spiro atoms. The highest BCUT2D eigenvalue weighted by Gasteiger charge is 2.47. The Hall–Kier alpha value is -2.09. The molecule has 0 radical (unpaired) electrons. The highest BCUT2D eigenvalue weighted by molar-refractivity contribution is 5.93. The smallest absolute Gasteiger partial charge is 0.410 e. The maximum absolute atomic E-state index is 13.1. The third kappa shape index (κ3) is 3.63. The van der Waals surface area contributed by atoms with Crippen LogP contribution in [-0.2, 0) is 11.3 Å². The number of amides is 2. The van der Waals surface area contributed by atoms with E-state index in [1.54, 1.807) is 21.5 Å². The molecule has 8 nitrogen and oxygen atoms in total. The molecule has 3 rings (SSSR count). The van der Waals surface area contributed by atoms with E-state index in [1.807, 2.05) is 27.1 Å². The summed E-state index contributed by atoms with van der Waals surface area (Å²) in [5.74, 6) is -0.0379. The summed E-state index contributed by atoms with van der Waals surface area (Å²) >= 11 is 0. The Bertz CT molecular complexity index is 671. The van der Waals surface area contributed by atoms with Crippen molar-refractivity contribution in [3.05, 3.63) is 17.5 Å². The number of rotatable bonds is 4. The molecule has 1 aromatic heterocycles. The predicted octanol–water partition coefficient (Wildman–Crippen LogP) is 0.810. The van der Waals surface area contributed by atoms with Crippen molar-refractivity contribution in [1.29, 1.82) is 0 Å². The van der Waals surface area contributed by atoms with Crippen LogP contribution in [0, 0.1) is 6.92 Å². The van der Waals surface area contributed by atoms with Crippen molar-refractivity contribution in [3.8, 4) is 0 Å². The maximum atomic E-state index is 13.1. The van der Waals surface area contributed by atoms with Gasteiger partial charge in [-0.1, -0.05) is 0 Å². The van der Waals surface area contributed by atoms with Crippen LogP contribution in [0.2, 0.25) is 0 Å². The lowest BCUT2D eigenvalue weighted by Gasteiger charge is -2.38. The molecule has 1 atom stereocenters. The highest BCUT2D eigenvalue weighted by Crippen LogP contribution is 2.32. The topological polar surface area (TPSA) is 70.9 Å². The second-order valence-electron chi connectivity index (χ2n) is 7.43. The fourth-order valence-electron chi connectivity index (χ4n) is 3.62. The number of carbonyl (C=O) groups excluding carboxylic acids is 2. The summed E-state index contributed by atoms with van der Waals surface area (Å²) in [5, 5.41) is 4.46. The fraction of sp³-hybridized carbons (Fsp3) is 0.706. The molecule has 3 heterocycles. The SMILES string of the molecule is Cc1cc(C(=O)N2CCC[C@@]3(CN(C)C(=O)O3)C2)n(CCN(C)C)n1. The maximum Gasteiger partial charge on any atom is 0.410 e. The van der Waals surface area contributed by atoms with Gasteiger partial charge in [-0.05, 0) is 39.9 Å². The number of aromatic nitrogens is 2. The van der Waals surface area contributed by atoms with Crippen LogP contribution in [0.4, 0.5) is 4.79 Å². The minimum atomic E-state index is -0.566. The van der Waals surface area contributed by atoms with Crippen molar-refractivity contribution in [2.45, 2.75) is 31.9 Å². The molecular weight excluding hydrogens is 322 g/mol. The average molecular weight is 349 g/mol. The van der Waals surface area contributed by atoms with Crippen LogP contribution in [-0.4, -0.2) is 89.4 Å². The molecule has 0 N–H and O–H groups in total. The molecule has 2 aliphatic rings. The first-order valence-corrected chi connectivity index (χ1v) is 8.72. The van der Waals surface area contributed by atoms with Gasteiger partial charge in [0.1, 0.15) is 11.3 Å². The van der Waals surface area contributed by atoms with Crippen molar-refractivity contribution in [1.82, 2.24) is 24.5 Å². The Kier molecular flexibility index (Phi) is 4.73. The Morgan fingerprint density at radius 2 is 2.16 bits per heavy atom. The van der Waals surface area contributed by atoms with Gasteiger partial charge < -0.3 is 19.4 Å². The molecular formula is C17H27N5O3. The number of hydrogen-bond acceptors (Lipinski definition) is 5. The van der Waals surface area contributed by atoms with Gasteiger partial charge in [-0.25, -0.2) is 4.79 Å². The quantitative estimate of drug-likeness (QED) is 0.804. The molecule has 0 aromatic carbocycles. The number of aryl methyl sites for hydroxylation is 1. The zero-order valence-corrected chi connectivity index (χ0v) is 15.5. The van der Waals surface area contributed by atoms with Gasteiger partial charge in [0.2, 0.25) is 0 Å². The predicted molar refractivity (Wildman–Crippen MR) is 92.5 cm³/mol. The van der Waals surface area contributed by atoms with Crippen LogP contribution in [0.1, 0.15) is 29.0 Å². The van der Waals surface area contributed by atoms with E-state index in [2.05, 4.69) is 10.00 Å². The first-order chi connectivity index (χ1) is 11.8. The third-order valence-electron chi connectivity index (χ3n) is 4.85. The number of nitrogens with zero attached hydrogens (tertiary/aromatic N) is 5. The van der Waals surface area contributed by atoms with Gasteiger partial charge in [0.05, 0.1) is 25.3 Å². The second kappa shape index (κ2) is 6.67. The largest absolute Gasteiger partial charge is 0.439 e. The molecule has 0 unspecified atom stereocenters. The van der Waals surface area contributed by atoms with Crippen LogP contribution in [0.15, 0.2) is 6.07 Å². The molecule has 138 valence electrons. The van der Waals surface area contributed by atoms with Gasteiger partial charge >= 0.3 is 6.09 Å². The van der Waals surface area contributed by atoms with Crippen molar-refractivity contribution < 1.29 is 14.3 Å². The van der Waals surface area contributed by atoms with Crippen LogP contribution in [0.5, 0.6) is 0 Å². The van der Waals surface area contributed by atoms with Crippen molar-refractivity contribution in [2.24, 2.45) is 0 Å².